The van der Waals surface area contributed by atoms with Crippen molar-refractivity contribution in [3.8, 4) is 17.2 Å². The van der Waals surface area contributed by atoms with Gasteiger partial charge in [0.05, 0.1) is 33.1 Å². The number of benzene rings is 3. The summed E-state index contributed by atoms with van der Waals surface area (Å²) in [5.41, 5.74) is 3.18. The molecule has 5 nitrogen and oxygen atoms in total. The minimum atomic E-state index is 0.515. The highest BCUT2D eigenvalue weighted by atomic mass is 32.2. The fraction of sp³-hybridized carbons (Fsp3) is 0.240. The van der Waals surface area contributed by atoms with Crippen LogP contribution in [0.2, 0.25) is 0 Å². The van der Waals surface area contributed by atoms with Gasteiger partial charge in [-0.1, -0.05) is 60.3 Å². The second kappa shape index (κ2) is 11.9. The van der Waals surface area contributed by atoms with Gasteiger partial charge in [-0.05, 0) is 42.3 Å². The molecule has 0 aliphatic carbocycles. The Hall–Kier alpha value is -3.12. The van der Waals surface area contributed by atoms with Crippen LogP contribution in [0.15, 0.2) is 77.8 Å². The maximum absolute atomic E-state index is 5.76. The van der Waals surface area contributed by atoms with E-state index in [1.165, 1.54) is 5.56 Å². The Morgan fingerprint density at radius 2 is 1.58 bits per heavy atom. The lowest BCUT2D eigenvalue weighted by atomic mass is 10.2. The van der Waals surface area contributed by atoms with E-state index in [-0.39, 0.29) is 0 Å². The number of nitrogens with zero attached hydrogens (tertiary/aromatic N) is 1. The predicted octanol–water partition coefficient (Wildman–Crippen LogP) is 6.00. The molecule has 0 aliphatic heterocycles. The summed E-state index contributed by atoms with van der Waals surface area (Å²) in [5, 5.41) is 4.28. The topological polar surface area (TPSA) is 52.1 Å². The summed E-state index contributed by atoms with van der Waals surface area (Å²) in [7, 11) is 3.27. The van der Waals surface area contributed by atoms with Crippen molar-refractivity contribution in [3.63, 3.8) is 0 Å². The Labute approximate surface area is 188 Å². The zero-order valence-electron chi connectivity index (χ0n) is 18.1. The molecule has 0 unspecified atom stereocenters. The molecule has 1 N–H and O–H groups in total. The number of amidine groups is 1. The van der Waals surface area contributed by atoms with E-state index in [0.717, 1.165) is 27.9 Å². The molecule has 0 bridgehead atoms. The molecule has 3 aromatic rings. The second-order valence-corrected chi connectivity index (χ2v) is 7.60. The van der Waals surface area contributed by atoms with Crippen LogP contribution < -0.4 is 19.5 Å². The quantitative estimate of drug-likeness (QED) is 0.329. The normalized spacial score (nSPS) is 11.1. The molecule has 0 radical (unpaired) electrons. The van der Waals surface area contributed by atoms with Gasteiger partial charge in [0.2, 0.25) is 0 Å². The number of anilines is 1. The molecule has 6 heteroatoms. The first-order valence-electron chi connectivity index (χ1n) is 10.1. The molecule has 31 heavy (non-hydrogen) atoms. The number of para-hydroxylation sites is 2. The summed E-state index contributed by atoms with van der Waals surface area (Å²) in [6.45, 7) is 3.10. The van der Waals surface area contributed by atoms with Gasteiger partial charge >= 0.3 is 0 Å². The van der Waals surface area contributed by atoms with Gasteiger partial charge in [0.25, 0.3) is 0 Å². The van der Waals surface area contributed by atoms with Crippen molar-refractivity contribution in [1.29, 1.82) is 0 Å². The van der Waals surface area contributed by atoms with Gasteiger partial charge in [-0.2, -0.15) is 0 Å². The Bertz CT molecular complexity index is 993. The third-order valence-corrected chi connectivity index (χ3v) is 5.48. The number of aliphatic imine (C=N–C) groups is 1. The van der Waals surface area contributed by atoms with Crippen molar-refractivity contribution < 1.29 is 14.2 Å². The van der Waals surface area contributed by atoms with E-state index in [1.807, 2.05) is 67.6 Å². The number of hydrogen-bond acceptors (Lipinski definition) is 5. The minimum absolute atomic E-state index is 0.515. The van der Waals surface area contributed by atoms with Crippen molar-refractivity contribution in [3.05, 3.63) is 83.9 Å². The molecule has 0 aliphatic rings. The van der Waals surface area contributed by atoms with Gasteiger partial charge in [0.1, 0.15) is 5.75 Å². The van der Waals surface area contributed by atoms with E-state index in [2.05, 4.69) is 17.4 Å². The van der Waals surface area contributed by atoms with Gasteiger partial charge < -0.3 is 19.5 Å². The summed E-state index contributed by atoms with van der Waals surface area (Å²) >= 11 is 1.66. The molecule has 0 saturated heterocycles. The fourth-order valence-electron chi connectivity index (χ4n) is 2.96. The van der Waals surface area contributed by atoms with Crippen LogP contribution in [0.25, 0.3) is 0 Å². The first kappa shape index (κ1) is 22.6. The number of rotatable bonds is 9. The fourth-order valence-corrected chi connectivity index (χ4v) is 3.79. The number of methoxy groups -OCH3 is 2. The molecule has 3 aromatic carbocycles. The molecule has 0 aromatic heterocycles. The number of nitrogens with one attached hydrogen (secondary N) is 1. The average molecular weight is 437 g/mol. The third kappa shape index (κ3) is 6.69. The maximum atomic E-state index is 5.76. The van der Waals surface area contributed by atoms with Gasteiger partial charge in [0, 0.05) is 5.75 Å². The Morgan fingerprint density at radius 1 is 0.839 bits per heavy atom. The van der Waals surface area contributed by atoms with Crippen LogP contribution in [0, 0.1) is 0 Å². The van der Waals surface area contributed by atoms with Crippen LogP contribution in [0.3, 0.4) is 0 Å². The minimum Gasteiger partial charge on any atom is -0.493 e. The van der Waals surface area contributed by atoms with Crippen LogP contribution in [0.5, 0.6) is 17.2 Å². The second-order valence-electron chi connectivity index (χ2n) is 6.64. The molecule has 0 fully saturated rings. The standard InChI is InChI=1S/C25H28N2O3S/c1-4-30-22-13-9-8-12-21(22)27-25(31-18-19-10-6-5-7-11-19)26-17-20-14-15-23(28-2)24(16-20)29-3/h5-16H,4,17-18H2,1-3H3,(H,26,27). The predicted molar refractivity (Wildman–Crippen MR) is 130 cm³/mol. The molecule has 0 spiro atoms. The molecular weight excluding hydrogens is 408 g/mol. The monoisotopic (exact) mass is 436 g/mol. The summed E-state index contributed by atoms with van der Waals surface area (Å²) in [5.74, 6) is 3.03. The lowest BCUT2D eigenvalue weighted by Crippen LogP contribution is -2.10. The van der Waals surface area contributed by atoms with Gasteiger partial charge in [-0.15, -0.1) is 0 Å². The Kier molecular flexibility index (Phi) is 8.67. The van der Waals surface area contributed by atoms with Gasteiger partial charge in [-0.25, -0.2) is 0 Å². The van der Waals surface area contributed by atoms with E-state index >= 15 is 0 Å². The summed E-state index contributed by atoms with van der Waals surface area (Å²) in [4.78, 5) is 4.85. The number of hydrogen-bond donors (Lipinski definition) is 1. The zero-order valence-corrected chi connectivity index (χ0v) is 18.9. The van der Waals surface area contributed by atoms with E-state index in [0.29, 0.717) is 24.7 Å². The number of thioether (sulfide) groups is 1. The zero-order chi connectivity index (χ0) is 21.9. The molecule has 0 heterocycles. The van der Waals surface area contributed by atoms with Gasteiger partial charge in [0.15, 0.2) is 16.7 Å². The van der Waals surface area contributed by atoms with E-state index in [1.54, 1.807) is 26.0 Å². The molecule has 3 rings (SSSR count). The van der Waals surface area contributed by atoms with Crippen molar-refractivity contribution in [1.82, 2.24) is 0 Å². The van der Waals surface area contributed by atoms with Crippen molar-refractivity contribution in [2.24, 2.45) is 4.99 Å². The highest BCUT2D eigenvalue weighted by Gasteiger charge is 2.09. The summed E-state index contributed by atoms with van der Waals surface area (Å²) in [6, 6.07) is 24.1. The maximum Gasteiger partial charge on any atom is 0.161 e. The highest BCUT2D eigenvalue weighted by Crippen LogP contribution is 2.29. The van der Waals surface area contributed by atoms with E-state index < -0.39 is 0 Å². The van der Waals surface area contributed by atoms with Crippen molar-refractivity contribution >= 4 is 22.6 Å². The third-order valence-electron chi connectivity index (χ3n) is 4.50. The van der Waals surface area contributed by atoms with Gasteiger partial charge in [-0.3, -0.25) is 4.99 Å². The summed E-state index contributed by atoms with van der Waals surface area (Å²) in [6.07, 6.45) is 0. The lowest BCUT2D eigenvalue weighted by molar-refractivity contribution is 0.342. The summed E-state index contributed by atoms with van der Waals surface area (Å²) < 4.78 is 16.5. The SMILES string of the molecule is CCOc1ccccc1NC(=NCc1ccc(OC)c(OC)c1)SCc1ccccc1. The highest BCUT2D eigenvalue weighted by molar-refractivity contribution is 8.13. The van der Waals surface area contributed by atoms with Crippen LogP contribution in [-0.2, 0) is 12.3 Å². The lowest BCUT2D eigenvalue weighted by Gasteiger charge is -2.14. The molecule has 162 valence electrons. The largest absolute Gasteiger partial charge is 0.493 e. The Balaban J connectivity index is 1.81. The first-order valence-corrected chi connectivity index (χ1v) is 11.1. The smallest absolute Gasteiger partial charge is 0.161 e. The van der Waals surface area contributed by atoms with E-state index in [9.17, 15) is 0 Å². The average Bonchev–Trinajstić information content (AvgIpc) is 2.82. The molecular formula is C25H28N2O3S. The Morgan fingerprint density at radius 3 is 2.32 bits per heavy atom. The number of ether oxygens (including phenoxy) is 3. The van der Waals surface area contributed by atoms with Crippen LogP contribution in [0.4, 0.5) is 5.69 Å². The van der Waals surface area contributed by atoms with Crippen molar-refractivity contribution in [2.75, 3.05) is 26.1 Å². The molecule has 0 atom stereocenters. The van der Waals surface area contributed by atoms with Crippen LogP contribution in [0.1, 0.15) is 18.1 Å². The molecule has 0 amide bonds. The van der Waals surface area contributed by atoms with Crippen molar-refractivity contribution in [2.45, 2.75) is 19.2 Å². The van der Waals surface area contributed by atoms with Crippen LogP contribution in [-0.4, -0.2) is 26.0 Å². The molecule has 0 saturated carbocycles. The van der Waals surface area contributed by atoms with Crippen LogP contribution >= 0.6 is 11.8 Å². The first-order chi connectivity index (χ1) is 15.2. The van der Waals surface area contributed by atoms with E-state index in [4.69, 9.17) is 19.2 Å².